The Morgan fingerprint density at radius 3 is 2.73 bits per heavy atom. The topological polar surface area (TPSA) is 38.9 Å². The third-order valence-corrected chi connectivity index (χ3v) is 2.75. The number of halogens is 3. The monoisotopic (exact) mass is 230 g/mol. The molecule has 2 N–H and O–H groups in total. The van der Waals surface area contributed by atoms with Crippen LogP contribution in [0.2, 0.25) is 0 Å². The predicted octanol–water partition coefficient (Wildman–Crippen LogP) is 3.10. The van der Waals surface area contributed by atoms with Crippen LogP contribution >= 0.6 is 11.3 Å². The highest BCUT2D eigenvalue weighted by atomic mass is 32.1. The van der Waals surface area contributed by atoms with Gasteiger partial charge < -0.3 is 5.73 Å². The maximum atomic E-state index is 13.2. The number of rotatable bonds is 1. The molecule has 15 heavy (non-hydrogen) atoms. The smallest absolute Gasteiger partial charge is 0.181 e. The van der Waals surface area contributed by atoms with Gasteiger partial charge in [-0.1, -0.05) is 11.3 Å². The van der Waals surface area contributed by atoms with Gasteiger partial charge in [0.15, 0.2) is 5.13 Å². The zero-order chi connectivity index (χ0) is 11.0. The molecule has 1 heterocycles. The highest BCUT2D eigenvalue weighted by Crippen LogP contribution is 2.31. The van der Waals surface area contributed by atoms with Gasteiger partial charge >= 0.3 is 0 Å². The second-order valence-corrected chi connectivity index (χ2v) is 3.81. The Kier molecular flexibility index (Phi) is 2.36. The lowest BCUT2D eigenvalue weighted by Crippen LogP contribution is -1.88. The first-order valence-corrected chi connectivity index (χ1v) is 4.76. The van der Waals surface area contributed by atoms with E-state index in [1.54, 1.807) is 0 Å². The van der Waals surface area contributed by atoms with E-state index < -0.39 is 11.6 Å². The molecule has 6 heteroatoms. The summed E-state index contributed by atoms with van der Waals surface area (Å²) in [5, 5.41) is 0.114. The molecule has 0 unspecified atom stereocenters. The molecule has 0 bridgehead atoms. The number of fused-ring (bicyclic) bond motifs is 1. The van der Waals surface area contributed by atoms with Crippen LogP contribution in [0.1, 0.15) is 5.56 Å². The minimum absolute atomic E-state index is 0.0453. The van der Waals surface area contributed by atoms with Crippen LogP contribution < -0.4 is 5.73 Å². The quantitative estimate of drug-likeness (QED) is 0.817. The first-order chi connectivity index (χ1) is 7.13. The first-order valence-electron chi connectivity index (χ1n) is 3.94. The van der Waals surface area contributed by atoms with Gasteiger partial charge in [-0.05, 0) is 6.08 Å². The Labute approximate surface area is 86.8 Å². The number of anilines is 1. The lowest BCUT2D eigenvalue weighted by atomic mass is 10.2. The van der Waals surface area contributed by atoms with Crippen LogP contribution in [-0.4, -0.2) is 4.98 Å². The van der Waals surface area contributed by atoms with Gasteiger partial charge in [0.2, 0.25) is 0 Å². The molecule has 0 radical (unpaired) electrons. The van der Waals surface area contributed by atoms with Crippen LogP contribution in [0.15, 0.2) is 12.4 Å². The third-order valence-electron chi connectivity index (χ3n) is 1.86. The third kappa shape index (κ3) is 1.56. The van der Waals surface area contributed by atoms with Crippen LogP contribution in [0.25, 0.3) is 16.3 Å². The van der Waals surface area contributed by atoms with Crippen molar-refractivity contribution in [3.63, 3.8) is 0 Å². The zero-order valence-electron chi connectivity index (χ0n) is 7.30. The summed E-state index contributed by atoms with van der Waals surface area (Å²) in [5.74, 6) is -1.60. The number of benzene rings is 1. The standard InChI is InChI=1S/C9H5F3N2S/c10-2-1-4-5(11)3-6(12)8-7(4)14-9(13)15-8/h1-3H,(H2,13,14)/b2-1-. The van der Waals surface area contributed by atoms with Crippen molar-refractivity contribution in [2.24, 2.45) is 0 Å². The molecule has 0 saturated carbocycles. The van der Waals surface area contributed by atoms with E-state index in [0.29, 0.717) is 6.07 Å². The molecule has 2 aromatic rings. The zero-order valence-corrected chi connectivity index (χ0v) is 8.12. The molecule has 78 valence electrons. The molecule has 0 spiro atoms. The Morgan fingerprint density at radius 1 is 1.33 bits per heavy atom. The number of hydrogen-bond donors (Lipinski definition) is 1. The molecule has 1 aromatic heterocycles. The highest BCUT2D eigenvalue weighted by molar-refractivity contribution is 7.22. The molecule has 0 atom stereocenters. The molecular weight excluding hydrogens is 225 g/mol. The number of nitrogens with two attached hydrogens (primary N) is 1. The molecule has 2 rings (SSSR count). The predicted molar refractivity (Wildman–Crippen MR) is 54.1 cm³/mol. The molecule has 0 aliphatic carbocycles. The molecule has 0 saturated heterocycles. The Morgan fingerprint density at radius 2 is 2.07 bits per heavy atom. The van der Waals surface area contributed by atoms with E-state index >= 15 is 0 Å². The van der Waals surface area contributed by atoms with Crippen LogP contribution in [0.4, 0.5) is 18.3 Å². The summed E-state index contributed by atoms with van der Waals surface area (Å²) < 4.78 is 38.6. The van der Waals surface area contributed by atoms with Gasteiger partial charge in [-0.3, -0.25) is 0 Å². The van der Waals surface area contributed by atoms with E-state index in [-0.39, 0.29) is 27.2 Å². The van der Waals surface area contributed by atoms with Gasteiger partial charge in [-0.25, -0.2) is 18.2 Å². The minimum Gasteiger partial charge on any atom is -0.375 e. The van der Waals surface area contributed by atoms with Crippen LogP contribution in [0.5, 0.6) is 0 Å². The fourth-order valence-corrected chi connectivity index (χ4v) is 2.03. The van der Waals surface area contributed by atoms with Crippen molar-refractivity contribution in [2.75, 3.05) is 5.73 Å². The van der Waals surface area contributed by atoms with Crippen molar-refractivity contribution in [3.8, 4) is 0 Å². The fourth-order valence-electron chi connectivity index (χ4n) is 1.27. The Bertz CT molecular complexity index is 548. The summed E-state index contributed by atoms with van der Waals surface area (Å²) in [6, 6.07) is 0.690. The average molecular weight is 230 g/mol. The van der Waals surface area contributed by atoms with Crippen molar-refractivity contribution < 1.29 is 13.2 Å². The summed E-state index contributed by atoms with van der Waals surface area (Å²) in [5.41, 5.74) is 5.32. The van der Waals surface area contributed by atoms with Gasteiger partial charge in [0.05, 0.1) is 16.5 Å². The van der Waals surface area contributed by atoms with Crippen LogP contribution in [0.3, 0.4) is 0 Å². The van der Waals surface area contributed by atoms with Crippen molar-refractivity contribution in [1.82, 2.24) is 4.98 Å². The van der Waals surface area contributed by atoms with Gasteiger partial charge in [-0.2, -0.15) is 0 Å². The van der Waals surface area contributed by atoms with Gasteiger partial charge in [0.1, 0.15) is 11.6 Å². The van der Waals surface area contributed by atoms with Gasteiger partial charge in [-0.15, -0.1) is 0 Å². The van der Waals surface area contributed by atoms with Crippen molar-refractivity contribution in [1.29, 1.82) is 0 Å². The molecule has 0 amide bonds. The van der Waals surface area contributed by atoms with Crippen LogP contribution in [0, 0.1) is 11.6 Å². The summed E-state index contributed by atoms with van der Waals surface area (Å²) in [4.78, 5) is 3.75. The Hall–Kier alpha value is -1.56. The normalized spacial score (nSPS) is 11.7. The second-order valence-electron chi connectivity index (χ2n) is 2.78. The summed E-state index contributed by atoms with van der Waals surface area (Å²) >= 11 is 0.896. The maximum Gasteiger partial charge on any atom is 0.181 e. The average Bonchev–Trinajstić information content (AvgIpc) is 2.55. The number of nitrogens with zero attached hydrogens (tertiary/aromatic N) is 1. The van der Waals surface area contributed by atoms with Crippen LogP contribution in [-0.2, 0) is 0 Å². The number of thiazole rings is 1. The van der Waals surface area contributed by atoms with Gasteiger partial charge in [0, 0.05) is 11.6 Å². The summed E-state index contributed by atoms with van der Waals surface area (Å²) in [7, 11) is 0. The van der Waals surface area contributed by atoms with E-state index in [2.05, 4.69) is 4.98 Å². The molecule has 1 aromatic carbocycles. The first kappa shape index (κ1) is 9.97. The SMILES string of the molecule is Nc1nc2c(/C=C\F)c(F)cc(F)c2s1. The highest BCUT2D eigenvalue weighted by Gasteiger charge is 2.14. The van der Waals surface area contributed by atoms with Crippen molar-refractivity contribution >= 4 is 32.8 Å². The molecule has 0 aliphatic rings. The van der Waals surface area contributed by atoms with Gasteiger partial charge in [0.25, 0.3) is 0 Å². The minimum atomic E-state index is -0.862. The lowest BCUT2D eigenvalue weighted by molar-refractivity contribution is 0.590. The second kappa shape index (κ2) is 3.54. The number of nitrogen functional groups attached to an aromatic ring is 1. The molecule has 2 nitrogen and oxygen atoms in total. The van der Waals surface area contributed by atoms with E-state index in [9.17, 15) is 13.2 Å². The van der Waals surface area contributed by atoms with E-state index in [1.165, 1.54) is 0 Å². The molecule has 0 aliphatic heterocycles. The maximum absolute atomic E-state index is 13.2. The van der Waals surface area contributed by atoms with E-state index in [0.717, 1.165) is 17.4 Å². The fraction of sp³-hybridized carbons (Fsp3) is 0. The van der Waals surface area contributed by atoms with E-state index in [4.69, 9.17) is 5.73 Å². The summed E-state index contributed by atoms with van der Waals surface area (Å²) in [6.07, 6.45) is 1.06. The molecular formula is C9H5F3N2S. The van der Waals surface area contributed by atoms with Crippen molar-refractivity contribution in [2.45, 2.75) is 0 Å². The van der Waals surface area contributed by atoms with E-state index in [1.807, 2.05) is 0 Å². The lowest BCUT2D eigenvalue weighted by Gasteiger charge is -1.98. The largest absolute Gasteiger partial charge is 0.375 e. The summed E-state index contributed by atoms with van der Waals surface area (Å²) in [6.45, 7) is 0. The number of hydrogen-bond acceptors (Lipinski definition) is 3. The molecule has 0 fully saturated rings. The van der Waals surface area contributed by atoms with Crippen molar-refractivity contribution in [3.05, 3.63) is 29.6 Å². The Balaban J connectivity index is 2.88. The number of aromatic nitrogens is 1.